The van der Waals surface area contributed by atoms with E-state index in [0.717, 1.165) is 28.3 Å². The highest BCUT2D eigenvalue weighted by Crippen LogP contribution is 2.36. The first-order valence-corrected chi connectivity index (χ1v) is 11.0. The predicted molar refractivity (Wildman–Crippen MR) is 128 cm³/mol. The Hall–Kier alpha value is -3.99. The van der Waals surface area contributed by atoms with Gasteiger partial charge in [0, 0.05) is 18.4 Å². The molecule has 0 N–H and O–H groups in total. The van der Waals surface area contributed by atoms with E-state index < -0.39 is 0 Å². The summed E-state index contributed by atoms with van der Waals surface area (Å²) in [7, 11) is 1.62. The molecule has 0 saturated carbocycles. The minimum Gasteiger partial charge on any atom is -0.497 e. The molecule has 33 heavy (non-hydrogen) atoms. The lowest BCUT2D eigenvalue weighted by atomic mass is 10.0. The summed E-state index contributed by atoms with van der Waals surface area (Å²) in [5.74, 6) is 1.31. The molecule has 5 heteroatoms. The first kappa shape index (κ1) is 20.9. The van der Waals surface area contributed by atoms with Crippen LogP contribution < -0.4 is 9.47 Å². The number of aromatic nitrogens is 1. The summed E-state index contributed by atoms with van der Waals surface area (Å²) >= 11 is 0. The quantitative estimate of drug-likeness (QED) is 0.424. The van der Waals surface area contributed by atoms with Gasteiger partial charge in [-0.05, 0) is 60.5 Å². The van der Waals surface area contributed by atoms with Gasteiger partial charge in [0.15, 0.2) is 6.61 Å². The average molecular weight is 439 g/mol. The van der Waals surface area contributed by atoms with Gasteiger partial charge in [-0.1, -0.05) is 48.0 Å². The lowest BCUT2D eigenvalue weighted by molar-refractivity contribution is -0.135. The molecule has 2 heterocycles. The van der Waals surface area contributed by atoms with Crippen molar-refractivity contribution < 1.29 is 14.3 Å². The molecule has 0 bridgehead atoms. The van der Waals surface area contributed by atoms with E-state index in [9.17, 15) is 4.79 Å². The molecule has 5 rings (SSSR count). The van der Waals surface area contributed by atoms with Gasteiger partial charge >= 0.3 is 0 Å². The number of carbonyl (C=O) groups excluding carboxylic acids is 1. The molecule has 4 aromatic rings. The molecule has 1 amide bonds. The van der Waals surface area contributed by atoms with Crippen molar-refractivity contribution >= 4 is 5.91 Å². The second kappa shape index (κ2) is 8.87. The third-order valence-corrected chi connectivity index (χ3v) is 6.10. The van der Waals surface area contributed by atoms with Crippen LogP contribution >= 0.6 is 0 Å². The van der Waals surface area contributed by atoms with Gasteiger partial charge in [0.2, 0.25) is 0 Å². The number of nitrogens with zero attached hydrogens (tertiary/aromatic N) is 2. The van der Waals surface area contributed by atoms with Crippen molar-refractivity contribution in [2.24, 2.45) is 0 Å². The van der Waals surface area contributed by atoms with Gasteiger partial charge in [0.25, 0.3) is 5.91 Å². The molecule has 0 aliphatic carbocycles. The fourth-order valence-corrected chi connectivity index (χ4v) is 4.38. The smallest absolute Gasteiger partial charge is 0.261 e. The fraction of sp³-hybridized carbons (Fsp3) is 0.179. The van der Waals surface area contributed by atoms with E-state index in [4.69, 9.17) is 9.47 Å². The second-order valence-electron chi connectivity index (χ2n) is 8.23. The maximum absolute atomic E-state index is 13.6. The fourth-order valence-electron chi connectivity index (χ4n) is 4.38. The number of aryl methyl sites for hydroxylation is 1. The summed E-state index contributed by atoms with van der Waals surface area (Å²) in [5.41, 5.74) is 5.52. The number of hydrogen-bond acceptors (Lipinski definition) is 3. The van der Waals surface area contributed by atoms with E-state index in [2.05, 4.69) is 60.2 Å². The molecule has 1 aliphatic rings. The molecule has 0 radical (unpaired) electrons. The summed E-state index contributed by atoms with van der Waals surface area (Å²) in [6, 6.07) is 27.8. The van der Waals surface area contributed by atoms with Crippen molar-refractivity contribution in [1.29, 1.82) is 0 Å². The zero-order valence-electron chi connectivity index (χ0n) is 18.8. The van der Waals surface area contributed by atoms with Crippen molar-refractivity contribution in [3.63, 3.8) is 0 Å². The molecule has 0 fully saturated rings. The van der Waals surface area contributed by atoms with E-state index in [1.165, 1.54) is 5.56 Å². The van der Waals surface area contributed by atoms with Crippen LogP contribution in [0.4, 0.5) is 0 Å². The van der Waals surface area contributed by atoms with Crippen LogP contribution in [-0.2, 0) is 11.3 Å². The van der Waals surface area contributed by atoms with E-state index in [1.807, 2.05) is 47.4 Å². The van der Waals surface area contributed by atoms with Crippen molar-refractivity contribution in [1.82, 2.24) is 9.47 Å². The molecule has 166 valence electrons. The SMILES string of the molecule is COc1ccc(OCC(=O)N2Cc3ccccc3-n3cccc3C2c2ccc(C)cc2)cc1. The first-order valence-electron chi connectivity index (χ1n) is 11.0. The van der Waals surface area contributed by atoms with Gasteiger partial charge < -0.3 is 18.9 Å². The summed E-state index contributed by atoms with van der Waals surface area (Å²) in [6.45, 7) is 2.53. The Labute approximate surface area is 193 Å². The predicted octanol–water partition coefficient (Wildman–Crippen LogP) is 5.30. The zero-order chi connectivity index (χ0) is 22.8. The zero-order valence-corrected chi connectivity index (χ0v) is 18.8. The topological polar surface area (TPSA) is 43.7 Å². The first-order chi connectivity index (χ1) is 16.1. The van der Waals surface area contributed by atoms with E-state index in [1.54, 1.807) is 7.11 Å². The maximum Gasteiger partial charge on any atom is 0.261 e. The number of amides is 1. The monoisotopic (exact) mass is 438 g/mol. The Kier molecular flexibility index (Phi) is 5.61. The van der Waals surface area contributed by atoms with Crippen molar-refractivity contribution in [2.75, 3.05) is 13.7 Å². The molecule has 1 aliphatic heterocycles. The van der Waals surface area contributed by atoms with Crippen LogP contribution in [0.2, 0.25) is 0 Å². The van der Waals surface area contributed by atoms with Gasteiger partial charge in [0.05, 0.1) is 18.8 Å². The summed E-state index contributed by atoms with van der Waals surface area (Å²) < 4.78 is 13.3. The lowest BCUT2D eigenvalue weighted by Gasteiger charge is -2.31. The number of para-hydroxylation sites is 1. The summed E-state index contributed by atoms with van der Waals surface area (Å²) in [5, 5.41) is 0. The van der Waals surface area contributed by atoms with E-state index in [0.29, 0.717) is 12.3 Å². The third kappa shape index (κ3) is 4.10. The normalized spacial score (nSPS) is 14.7. The number of benzene rings is 3. The van der Waals surface area contributed by atoms with Crippen LogP contribution in [0.25, 0.3) is 5.69 Å². The largest absolute Gasteiger partial charge is 0.497 e. The number of hydrogen-bond donors (Lipinski definition) is 0. The van der Waals surface area contributed by atoms with Crippen LogP contribution in [0.1, 0.15) is 28.4 Å². The van der Waals surface area contributed by atoms with Crippen LogP contribution in [0.3, 0.4) is 0 Å². The van der Waals surface area contributed by atoms with Crippen molar-refractivity contribution in [2.45, 2.75) is 19.5 Å². The molecule has 0 saturated heterocycles. The molecular weight excluding hydrogens is 412 g/mol. The van der Waals surface area contributed by atoms with Crippen LogP contribution in [0.15, 0.2) is 91.1 Å². The van der Waals surface area contributed by atoms with Crippen molar-refractivity contribution in [3.8, 4) is 17.2 Å². The van der Waals surface area contributed by atoms with E-state index >= 15 is 0 Å². The van der Waals surface area contributed by atoms with Gasteiger partial charge in [0.1, 0.15) is 11.5 Å². The van der Waals surface area contributed by atoms with Crippen LogP contribution in [0, 0.1) is 6.92 Å². The molecular formula is C28H26N2O3. The highest BCUT2D eigenvalue weighted by molar-refractivity contribution is 5.79. The van der Waals surface area contributed by atoms with Gasteiger partial charge in [-0.2, -0.15) is 0 Å². The highest BCUT2D eigenvalue weighted by atomic mass is 16.5. The molecule has 3 aromatic carbocycles. The van der Waals surface area contributed by atoms with Crippen LogP contribution in [0.5, 0.6) is 11.5 Å². The molecule has 1 aromatic heterocycles. The Balaban J connectivity index is 1.51. The Bertz CT molecular complexity index is 1260. The van der Waals surface area contributed by atoms with Gasteiger partial charge in [-0.15, -0.1) is 0 Å². The Morgan fingerprint density at radius 1 is 0.909 bits per heavy atom. The number of rotatable bonds is 5. The Morgan fingerprint density at radius 3 is 2.39 bits per heavy atom. The minimum absolute atomic E-state index is 0.0441. The van der Waals surface area contributed by atoms with E-state index in [-0.39, 0.29) is 18.6 Å². The standard InChI is InChI=1S/C28H26N2O3/c1-20-9-11-21(12-10-20)28-26-8-5-17-29(26)25-7-4-3-6-22(25)18-30(28)27(31)19-33-24-15-13-23(32-2)14-16-24/h3-17,28H,18-19H2,1-2H3. The molecule has 0 spiro atoms. The van der Waals surface area contributed by atoms with Gasteiger partial charge in [-0.25, -0.2) is 0 Å². The summed E-state index contributed by atoms with van der Waals surface area (Å²) in [4.78, 5) is 15.5. The summed E-state index contributed by atoms with van der Waals surface area (Å²) in [6.07, 6.45) is 2.07. The van der Waals surface area contributed by atoms with Gasteiger partial charge in [-0.3, -0.25) is 4.79 Å². The third-order valence-electron chi connectivity index (χ3n) is 6.10. The van der Waals surface area contributed by atoms with Crippen molar-refractivity contribution in [3.05, 3.63) is 114 Å². The minimum atomic E-state index is -0.222. The number of methoxy groups -OCH3 is 1. The van der Waals surface area contributed by atoms with Crippen LogP contribution in [-0.4, -0.2) is 29.1 Å². The molecule has 1 atom stereocenters. The number of fused-ring (bicyclic) bond motifs is 3. The maximum atomic E-state index is 13.6. The lowest BCUT2D eigenvalue weighted by Crippen LogP contribution is -2.37. The Morgan fingerprint density at radius 2 is 1.64 bits per heavy atom. The number of carbonyl (C=O) groups is 1. The second-order valence-corrected chi connectivity index (χ2v) is 8.23. The molecule has 1 unspecified atom stereocenters. The molecule has 5 nitrogen and oxygen atoms in total. The average Bonchev–Trinajstić information content (AvgIpc) is 3.28. The highest BCUT2D eigenvalue weighted by Gasteiger charge is 2.32. The number of ether oxygens (including phenoxy) is 2.